The van der Waals surface area contributed by atoms with E-state index in [1.807, 2.05) is 6.20 Å². The number of rotatable bonds is 5. The lowest BCUT2D eigenvalue weighted by molar-refractivity contribution is -0.133. The minimum atomic E-state index is -0.830. The van der Waals surface area contributed by atoms with Gasteiger partial charge in [0.15, 0.2) is 5.16 Å². The van der Waals surface area contributed by atoms with Crippen LogP contribution in [-0.2, 0) is 11.2 Å². The van der Waals surface area contributed by atoms with Gasteiger partial charge < -0.3 is 5.11 Å². The van der Waals surface area contributed by atoms with Crippen LogP contribution < -0.4 is 0 Å². The molecule has 1 N–H and O–H groups in total. The molecule has 2 aromatic rings. The van der Waals surface area contributed by atoms with Crippen LogP contribution in [0, 0.1) is 13.8 Å². The lowest BCUT2D eigenvalue weighted by atomic mass is 10.1. The number of aryl methyl sites for hydroxylation is 3. The molecule has 1 aromatic heterocycles. The topological polar surface area (TPSA) is 55.1 Å². The zero-order chi connectivity index (χ0) is 14.7. The third kappa shape index (κ3) is 3.04. The van der Waals surface area contributed by atoms with Crippen LogP contribution in [0.1, 0.15) is 23.7 Å². The summed E-state index contributed by atoms with van der Waals surface area (Å²) in [6.45, 7) is 6.20. The Morgan fingerprint density at radius 1 is 1.40 bits per heavy atom. The molecule has 1 aromatic carbocycles. The van der Waals surface area contributed by atoms with Gasteiger partial charge in [0.2, 0.25) is 0 Å². The molecule has 0 aliphatic rings. The molecule has 0 unspecified atom stereocenters. The average Bonchev–Trinajstić information content (AvgIpc) is 2.79. The van der Waals surface area contributed by atoms with Gasteiger partial charge in [0.05, 0.1) is 11.4 Å². The Morgan fingerprint density at radius 3 is 2.75 bits per heavy atom. The van der Waals surface area contributed by atoms with E-state index in [1.54, 1.807) is 0 Å². The molecular weight excluding hydrogens is 272 g/mol. The molecule has 20 heavy (non-hydrogen) atoms. The van der Waals surface area contributed by atoms with E-state index in [0.29, 0.717) is 0 Å². The van der Waals surface area contributed by atoms with Gasteiger partial charge in [0.1, 0.15) is 0 Å². The van der Waals surface area contributed by atoms with Gasteiger partial charge in [-0.05, 0) is 31.9 Å². The van der Waals surface area contributed by atoms with Crippen LogP contribution >= 0.6 is 11.8 Å². The van der Waals surface area contributed by atoms with Crippen LogP contribution in [0.4, 0.5) is 0 Å². The molecule has 0 radical (unpaired) electrons. The minimum absolute atomic E-state index is 0.0189. The highest BCUT2D eigenvalue weighted by atomic mass is 32.2. The van der Waals surface area contributed by atoms with Gasteiger partial charge in [-0.1, -0.05) is 36.4 Å². The molecule has 5 heteroatoms. The first-order valence-corrected chi connectivity index (χ1v) is 7.50. The van der Waals surface area contributed by atoms with Gasteiger partial charge in [-0.25, -0.2) is 4.98 Å². The fraction of sp³-hybridized carbons (Fsp3) is 0.333. The summed E-state index contributed by atoms with van der Waals surface area (Å²) < 4.78 is 2.06. The molecule has 0 aliphatic carbocycles. The number of benzene rings is 1. The Kier molecular flexibility index (Phi) is 4.49. The Balaban J connectivity index is 2.47. The van der Waals surface area contributed by atoms with Crippen LogP contribution in [0.3, 0.4) is 0 Å². The maximum absolute atomic E-state index is 10.8. The van der Waals surface area contributed by atoms with E-state index in [0.717, 1.165) is 28.5 Å². The summed E-state index contributed by atoms with van der Waals surface area (Å²) in [6.07, 6.45) is 2.68. The number of imidazole rings is 1. The number of carboxylic acid groups (broad SMARTS) is 1. The molecule has 1 heterocycles. The third-order valence-electron chi connectivity index (χ3n) is 3.08. The molecule has 0 fully saturated rings. The van der Waals surface area contributed by atoms with E-state index in [9.17, 15) is 4.79 Å². The summed E-state index contributed by atoms with van der Waals surface area (Å²) in [4.78, 5) is 15.1. The number of carboxylic acids is 1. The van der Waals surface area contributed by atoms with Crippen molar-refractivity contribution in [1.82, 2.24) is 9.55 Å². The smallest absolute Gasteiger partial charge is 0.313 e. The Morgan fingerprint density at radius 2 is 2.15 bits per heavy atom. The number of aromatic nitrogens is 2. The Hall–Kier alpha value is -1.75. The number of hydrogen-bond donors (Lipinski definition) is 1. The van der Waals surface area contributed by atoms with Crippen LogP contribution in [0.2, 0.25) is 0 Å². The van der Waals surface area contributed by atoms with E-state index in [-0.39, 0.29) is 5.75 Å². The molecule has 0 saturated heterocycles. The largest absolute Gasteiger partial charge is 0.481 e. The molecule has 0 saturated carbocycles. The van der Waals surface area contributed by atoms with Crippen molar-refractivity contribution in [3.05, 3.63) is 41.2 Å². The zero-order valence-electron chi connectivity index (χ0n) is 11.9. The number of aliphatic carboxylic acids is 1. The van der Waals surface area contributed by atoms with Gasteiger partial charge in [-0.2, -0.15) is 0 Å². The van der Waals surface area contributed by atoms with Gasteiger partial charge in [-0.15, -0.1) is 0 Å². The van der Waals surface area contributed by atoms with Crippen LogP contribution in [-0.4, -0.2) is 26.4 Å². The lowest BCUT2D eigenvalue weighted by Crippen LogP contribution is -2.05. The fourth-order valence-corrected chi connectivity index (χ4v) is 2.88. The van der Waals surface area contributed by atoms with Crippen LogP contribution in [0.5, 0.6) is 0 Å². The third-order valence-corrected chi connectivity index (χ3v) is 4.02. The highest BCUT2D eigenvalue weighted by Gasteiger charge is 2.14. The molecule has 0 amide bonds. The van der Waals surface area contributed by atoms with Crippen LogP contribution in [0.15, 0.2) is 29.6 Å². The summed E-state index contributed by atoms with van der Waals surface area (Å²) in [5.74, 6) is -0.811. The molecule has 106 valence electrons. The van der Waals surface area contributed by atoms with Crippen molar-refractivity contribution >= 4 is 17.7 Å². The van der Waals surface area contributed by atoms with Gasteiger partial charge in [0.25, 0.3) is 0 Å². The second-order valence-electron chi connectivity index (χ2n) is 4.69. The monoisotopic (exact) mass is 290 g/mol. The fourth-order valence-electron chi connectivity index (χ4n) is 2.16. The van der Waals surface area contributed by atoms with Crippen molar-refractivity contribution in [3.8, 4) is 5.69 Å². The molecule has 0 aliphatic heterocycles. The van der Waals surface area contributed by atoms with Crippen molar-refractivity contribution in [2.24, 2.45) is 0 Å². The minimum Gasteiger partial charge on any atom is -0.481 e. The summed E-state index contributed by atoms with van der Waals surface area (Å²) in [5, 5.41) is 9.57. The number of thioether (sulfide) groups is 1. The lowest BCUT2D eigenvalue weighted by Gasteiger charge is -2.13. The number of nitrogens with zero attached hydrogens (tertiary/aromatic N) is 2. The molecular formula is C15H18N2O2S. The Labute approximate surface area is 122 Å². The van der Waals surface area contributed by atoms with Crippen molar-refractivity contribution in [2.75, 3.05) is 5.75 Å². The van der Waals surface area contributed by atoms with Crippen LogP contribution in [0.25, 0.3) is 5.69 Å². The summed E-state index contributed by atoms with van der Waals surface area (Å²) in [5.41, 5.74) is 4.53. The van der Waals surface area contributed by atoms with Gasteiger partial charge in [0, 0.05) is 11.9 Å². The van der Waals surface area contributed by atoms with E-state index in [1.165, 1.54) is 17.3 Å². The summed E-state index contributed by atoms with van der Waals surface area (Å²) >= 11 is 1.25. The number of carbonyl (C=O) groups is 1. The zero-order valence-corrected chi connectivity index (χ0v) is 12.7. The van der Waals surface area contributed by atoms with E-state index >= 15 is 0 Å². The highest BCUT2D eigenvalue weighted by molar-refractivity contribution is 7.99. The maximum Gasteiger partial charge on any atom is 0.313 e. The molecule has 0 atom stereocenters. The molecule has 4 nitrogen and oxygen atoms in total. The Bertz CT molecular complexity index is 635. The summed E-state index contributed by atoms with van der Waals surface area (Å²) in [7, 11) is 0. The first kappa shape index (κ1) is 14.7. The predicted molar refractivity (Wildman–Crippen MR) is 80.8 cm³/mol. The second kappa shape index (κ2) is 6.13. The van der Waals surface area contributed by atoms with Crippen molar-refractivity contribution in [3.63, 3.8) is 0 Å². The molecule has 0 bridgehead atoms. The number of hydrogen-bond acceptors (Lipinski definition) is 3. The molecule has 0 spiro atoms. The highest BCUT2D eigenvalue weighted by Crippen LogP contribution is 2.26. The van der Waals surface area contributed by atoms with E-state index in [4.69, 9.17) is 5.11 Å². The first-order chi connectivity index (χ1) is 9.52. The summed E-state index contributed by atoms with van der Waals surface area (Å²) in [6, 6.07) is 6.25. The normalized spacial score (nSPS) is 10.8. The second-order valence-corrected chi connectivity index (χ2v) is 5.64. The van der Waals surface area contributed by atoms with Crippen molar-refractivity contribution < 1.29 is 9.90 Å². The standard InChI is InChI=1S/C15H18N2O2S/c1-4-12-8-16-15(20-9-14(18)19)17(12)13-6-5-10(2)7-11(13)3/h5-8H,4,9H2,1-3H3,(H,18,19). The average molecular weight is 290 g/mol. The van der Waals surface area contributed by atoms with Gasteiger partial charge in [-0.3, -0.25) is 9.36 Å². The first-order valence-electron chi connectivity index (χ1n) is 6.51. The molecule has 2 rings (SSSR count). The SMILES string of the molecule is CCc1cnc(SCC(=O)O)n1-c1ccc(C)cc1C. The van der Waals surface area contributed by atoms with E-state index < -0.39 is 5.97 Å². The predicted octanol–water partition coefficient (Wildman–Crippen LogP) is 3.23. The van der Waals surface area contributed by atoms with E-state index in [2.05, 4.69) is 48.5 Å². The quantitative estimate of drug-likeness (QED) is 0.859. The van der Waals surface area contributed by atoms with Gasteiger partial charge >= 0.3 is 5.97 Å². The maximum atomic E-state index is 10.8. The van der Waals surface area contributed by atoms with Crippen molar-refractivity contribution in [2.45, 2.75) is 32.3 Å². The van der Waals surface area contributed by atoms with Crippen molar-refractivity contribution in [1.29, 1.82) is 0 Å².